The number of hydrogen-bond donors (Lipinski definition) is 1. The first-order valence-electron chi connectivity index (χ1n) is 5.19. The lowest BCUT2D eigenvalue weighted by Gasteiger charge is -2.12. The van der Waals surface area contributed by atoms with Crippen molar-refractivity contribution in [3.63, 3.8) is 0 Å². The summed E-state index contributed by atoms with van der Waals surface area (Å²) in [5, 5.41) is 5.10. The predicted octanol–water partition coefficient (Wildman–Crippen LogP) is 3.28. The van der Waals surface area contributed by atoms with Crippen molar-refractivity contribution in [1.82, 2.24) is 9.78 Å². The molecule has 0 saturated heterocycles. The lowest BCUT2D eigenvalue weighted by molar-refractivity contribution is 0.774. The Morgan fingerprint density at radius 3 is 2.78 bits per heavy atom. The second-order valence-corrected chi connectivity index (χ2v) is 4.84. The van der Waals surface area contributed by atoms with Gasteiger partial charge in [0.05, 0.1) is 15.7 Å². The molecule has 0 amide bonds. The highest BCUT2D eigenvalue weighted by Gasteiger charge is 2.11. The van der Waals surface area contributed by atoms with Gasteiger partial charge in [0.2, 0.25) is 5.43 Å². The van der Waals surface area contributed by atoms with E-state index in [4.69, 9.17) is 23.2 Å². The van der Waals surface area contributed by atoms with Crippen LogP contribution in [0.3, 0.4) is 0 Å². The Balaban J connectivity index is 2.71. The van der Waals surface area contributed by atoms with Crippen molar-refractivity contribution in [3.05, 3.63) is 55.9 Å². The number of nitrogens with zero attached hydrogens (tertiary/aromatic N) is 2. The quantitative estimate of drug-likeness (QED) is 0.864. The number of thiol groups is 1. The van der Waals surface area contributed by atoms with Crippen LogP contribution in [0, 0.1) is 6.92 Å². The molecule has 0 bridgehead atoms. The molecule has 1 aromatic carbocycles. The summed E-state index contributed by atoms with van der Waals surface area (Å²) in [5.74, 6) is 0.275. The van der Waals surface area contributed by atoms with Gasteiger partial charge in [-0.25, -0.2) is 4.68 Å². The Morgan fingerprint density at radius 2 is 2.11 bits per heavy atom. The molecule has 0 aliphatic heterocycles. The average Bonchev–Trinajstić information content (AvgIpc) is 2.34. The molecule has 0 aliphatic rings. The third-order valence-corrected chi connectivity index (χ3v) is 3.60. The Kier molecular flexibility index (Phi) is 4.00. The average molecular weight is 301 g/mol. The van der Waals surface area contributed by atoms with Crippen LogP contribution >= 0.6 is 35.8 Å². The molecule has 0 aliphatic carbocycles. The normalized spacial score (nSPS) is 10.7. The fourth-order valence-electron chi connectivity index (χ4n) is 1.59. The maximum Gasteiger partial charge on any atom is 0.204 e. The van der Waals surface area contributed by atoms with E-state index in [1.807, 2.05) is 0 Å². The molecular formula is C12H10Cl2N2OS. The highest BCUT2D eigenvalue weighted by Crippen LogP contribution is 2.28. The molecule has 2 aromatic rings. The molecule has 3 nitrogen and oxygen atoms in total. The monoisotopic (exact) mass is 300 g/mol. The number of aromatic nitrogens is 2. The summed E-state index contributed by atoms with van der Waals surface area (Å²) in [4.78, 5) is 11.6. The van der Waals surface area contributed by atoms with E-state index in [2.05, 4.69) is 17.7 Å². The van der Waals surface area contributed by atoms with Gasteiger partial charge < -0.3 is 0 Å². The van der Waals surface area contributed by atoms with Gasteiger partial charge in [0.15, 0.2) is 0 Å². The van der Waals surface area contributed by atoms with Crippen LogP contribution in [0.25, 0.3) is 5.69 Å². The number of hydrogen-bond acceptors (Lipinski definition) is 3. The van der Waals surface area contributed by atoms with Gasteiger partial charge >= 0.3 is 0 Å². The fraction of sp³-hybridized carbons (Fsp3) is 0.167. The number of rotatable bonds is 2. The van der Waals surface area contributed by atoms with E-state index in [1.54, 1.807) is 29.8 Å². The van der Waals surface area contributed by atoms with Crippen molar-refractivity contribution < 1.29 is 0 Å². The van der Waals surface area contributed by atoms with Crippen LogP contribution in [0.4, 0.5) is 0 Å². The third-order valence-electron chi connectivity index (χ3n) is 2.49. The van der Waals surface area contributed by atoms with Crippen LogP contribution in [0.15, 0.2) is 29.1 Å². The van der Waals surface area contributed by atoms with Crippen LogP contribution in [-0.2, 0) is 5.75 Å². The smallest absolute Gasteiger partial charge is 0.204 e. The first-order valence-corrected chi connectivity index (χ1v) is 6.58. The SMILES string of the molecule is Cc1cc(=O)c(CS)nn1-c1cccc(Cl)c1Cl. The summed E-state index contributed by atoms with van der Waals surface area (Å²) in [7, 11) is 0. The Labute approximate surface area is 120 Å². The van der Waals surface area contributed by atoms with Crippen LogP contribution in [0.1, 0.15) is 11.4 Å². The van der Waals surface area contributed by atoms with E-state index in [0.29, 0.717) is 27.1 Å². The minimum absolute atomic E-state index is 0.128. The summed E-state index contributed by atoms with van der Waals surface area (Å²) in [6, 6.07) is 6.78. The summed E-state index contributed by atoms with van der Waals surface area (Å²) in [5.41, 5.74) is 1.58. The first kappa shape index (κ1) is 13.5. The zero-order valence-corrected chi connectivity index (χ0v) is 11.9. The number of halogens is 2. The topological polar surface area (TPSA) is 34.9 Å². The van der Waals surface area contributed by atoms with E-state index in [1.165, 1.54) is 6.07 Å². The van der Waals surface area contributed by atoms with Crippen molar-refractivity contribution in [2.24, 2.45) is 0 Å². The van der Waals surface area contributed by atoms with Gasteiger partial charge in [0, 0.05) is 17.5 Å². The summed E-state index contributed by atoms with van der Waals surface area (Å²) in [6.45, 7) is 1.79. The van der Waals surface area contributed by atoms with Crippen LogP contribution in [-0.4, -0.2) is 9.78 Å². The van der Waals surface area contributed by atoms with E-state index in [-0.39, 0.29) is 11.2 Å². The molecule has 0 atom stereocenters. The summed E-state index contributed by atoms with van der Waals surface area (Å²) < 4.78 is 1.60. The Bertz CT molecular complexity index is 655. The van der Waals surface area contributed by atoms with Gasteiger partial charge in [-0.05, 0) is 19.1 Å². The second kappa shape index (κ2) is 5.34. The number of benzene rings is 1. The largest absolute Gasteiger partial charge is 0.288 e. The highest BCUT2D eigenvalue weighted by atomic mass is 35.5. The van der Waals surface area contributed by atoms with Gasteiger partial charge in [0.25, 0.3) is 0 Å². The minimum atomic E-state index is -0.128. The zero-order chi connectivity index (χ0) is 13.3. The zero-order valence-electron chi connectivity index (χ0n) is 9.52. The minimum Gasteiger partial charge on any atom is -0.288 e. The van der Waals surface area contributed by atoms with Crippen molar-refractivity contribution in [2.75, 3.05) is 0 Å². The molecular weight excluding hydrogens is 291 g/mol. The molecule has 0 unspecified atom stereocenters. The first-order chi connectivity index (χ1) is 8.54. The molecule has 18 heavy (non-hydrogen) atoms. The van der Waals surface area contributed by atoms with Gasteiger partial charge in [-0.15, -0.1) is 0 Å². The second-order valence-electron chi connectivity index (χ2n) is 3.74. The van der Waals surface area contributed by atoms with Crippen molar-refractivity contribution >= 4 is 35.8 Å². The van der Waals surface area contributed by atoms with E-state index < -0.39 is 0 Å². The van der Waals surface area contributed by atoms with Crippen molar-refractivity contribution in [1.29, 1.82) is 0 Å². The molecule has 94 valence electrons. The molecule has 0 saturated carbocycles. The molecule has 0 radical (unpaired) electrons. The van der Waals surface area contributed by atoms with E-state index >= 15 is 0 Å². The number of aryl methyl sites for hydroxylation is 1. The van der Waals surface area contributed by atoms with Gasteiger partial charge in [-0.2, -0.15) is 17.7 Å². The highest BCUT2D eigenvalue weighted by molar-refractivity contribution is 7.79. The van der Waals surface area contributed by atoms with Gasteiger partial charge in [-0.3, -0.25) is 4.79 Å². The maximum atomic E-state index is 11.6. The molecule has 0 spiro atoms. The molecule has 1 aromatic heterocycles. The lowest BCUT2D eigenvalue weighted by Crippen LogP contribution is -2.18. The van der Waals surface area contributed by atoms with E-state index in [9.17, 15) is 4.79 Å². The Morgan fingerprint density at radius 1 is 1.39 bits per heavy atom. The lowest BCUT2D eigenvalue weighted by atomic mass is 10.3. The fourth-order valence-corrected chi connectivity index (χ4v) is 2.19. The molecule has 0 N–H and O–H groups in total. The van der Waals surface area contributed by atoms with Crippen molar-refractivity contribution in [3.8, 4) is 5.69 Å². The predicted molar refractivity (Wildman–Crippen MR) is 77.3 cm³/mol. The summed E-state index contributed by atoms with van der Waals surface area (Å²) in [6.07, 6.45) is 0. The van der Waals surface area contributed by atoms with Gasteiger partial charge in [-0.1, -0.05) is 29.3 Å². The molecule has 1 heterocycles. The van der Waals surface area contributed by atoms with Crippen LogP contribution in [0.2, 0.25) is 10.0 Å². The standard InChI is InChI=1S/C12H10Cl2N2OS/c1-7-5-11(17)9(6-18)15-16(7)10-4-2-3-8(13)12(10)14/h2-5,18H,6H2,1H3. The summed E-state index contributed by atoms with van der Waals surface area (Å²) >= 11 is 16.2. The Hall–Kier alpha value is -0.970. The van der Waals surface area contributed by atoms with Crippen LogP contribution < -0.4 is 5.43 Å². The molecule has 6 heteroatoms. The third kappa shape index (κ3) is 2.41. The van der Waals surface area contributed by atoms with E-state index in [0.717, 1.165) is 0 Å². The maximum absolute atomic E-state index is 11.6. The van der Waals surface area contributed by atoms with Crippen molar-refractivity contribution in [2.45, 2.75) is 12.7 Å². The van der Waals surface area contributed by atoms with Crippen LogP contribution in [0.5, 0.6) is 0 Å². The van der Waals surface area contributed by atoms with Gasteiger partial charge in [0.1, 0.15) is 5.69 Å². The molecule has 2 rings (SSSR count). The molecule has 0 fully saturated rings.